The van der Waals surface area contributed by atoms with Crippen LogP contribution in [0.1, 0.15) is 31.9 Å². The predicted molar refractivity (Wildman–Crippen MR) is 104 cm³/mol. The molecule has 1 aliphatic rings. The molecule has 27 heavy (non-hydrogen) atoms. The summed E-state index contributed by atoms with van der Waals surface area (Å²) in [6, 6.07) is 12.4. The minimum atomic E-state index is -0.0650. The summed E-state index contributed by atoms with van der Waals surface area (Å²) in [7, 11) is 0. The molecule has 2 aromatic rings. The molecule has 0 bridgehead atoms. The van der Waals surface area contributed by atoms with Gasteiger partial charge < -0.3 is 10.2 Å². The number of nitrogens with one attached hydrogen (secondary N) is 1. The van der Waals surface area contributed by atoms with Gasteiger partial charge in [0.05, 0.1) is 6.04 Å². The Kier molecular flexibility index (Phi) is 5.17. The molecule has 0 fully saturated rings. The van der Waals surface area contributed by atoms with E-state index in [9.17, 15) is 4.79 Å². The molecular formula is C18H18N8O. The molecule has 1 aliphatic heterocycles. The van der Waals surface area contributed by atoms with E-state index in [2.05, 4.69) is 25.4 Å². The molecule has 3 rings (SSSR count). The SMILES string of the molecule is CC(=O)N1c2ccc(N=[N+]=[N-])cc2[C@H](Nc2ccc(N=[N+]=[N-])cc2)C[C@@H]1C. The summed E-state index contributed by atoms with van der Waals surface area (Å²) in [5, 5.41) is 10.7. The number of hydrogen-bond acceptors (Lipinski definition) is 4. The van der Waals surface area contributed by atoms with Crippen molar-refractivity contribution in [3.05, 3.63) is 68.9 Å². The number of amides is 1. The molecule has 136 valence electrons. The largest absolute Gasteiger partial charge is 0.378 e. The van der Waals surface area contributed by atoms with Crippen LogP contribution >= 0.6 is 0 Å². The van der Waals surface area contributed by atoms with Crippen molar-refractivity contribution in [3.63, 3.8) is 0 Å². The van der Waals surface area contributed by atoms with Crippen LogP contribution in [0.15, 0.2) is 52.7 Å². The Labute approximate surface area is 155 Å². The van der Waals surface area contributed by atoms with Crippen LogP contribution < -0.4 is 10.2 Å². The topological polar surface area (TPSA) is 130 Å². The first kappa shape index (κ1) is 18.1. The van der Waals surface area contributed by atoms with E-state index in [4.69, 9.17) is 11.1 Å². The molecule has 0 saturated heterocycles. The van der Waals surface area contributed by atoms with E-state index >= 15 is 0 Å². The number of carbonyl (C=O) groups is 1. The van der Waals surface area contributed by atoms with Crippen LogP contribution in [0.2, 0.25) is 0 Å². The second kappa shape index (κ2) is 7.70. The van der Waals surface area contributed by atoms with Gasteiger partial charge in [0.1, 0.15) is 0 Å². The summed E-state index contributed by atoms with van der Waals surface area (Å²) < 4.78 is 0. The van der Waals surface area contributed by atoms with Gasteiger partial charge in [-0.05, 0) is 54.2 Å². The van der Waals surface area contributed by atoms with Crippen molar-refractivity contribution < 1.29 is 4.79 Å². The summed E-state index contributed by atoms with van der Waals surface area (Å²) in [5.41, 5.74) is 20.8. The lowest BCUT2D eigenvalue weighted by molar-refractivity contribution is -0.117. The third-order valence-electron chi connectivity index (χ3n) is 4.53. The maximum Gasteiger partial charge on any atom is 0.224 e. The molecule has 9 nitrogen and oxygen atoms in total. The molecule has 2 atom stereocenters. The first-order chi connectivity index (χ1) is 13.0. The number of rotatable bonds is 4. The van der Waals surface area contributed by atoms with E-state index < -0.39 is 0 Å². The number of azide groups is 2. The normalized spacial score (nSPS) is 17.9. The summed E-state index contributed by atoms with van der Waals surface area (Å²) in [6.45, 7) is 3.55. The fourth-order valence-corrected chi connectivity index (χ4v) is 3.46. The van der Waals surface area contributed by atoms with Gasteiger partial charge in [0.15, 0.2) is 0 Å². The molecule has 1 amide bonds. The van der Waals surface area contributed by atoms with E-state index in [0.717, 1.165) is 16.9 Å². The number of nitrogens with zero attached hydrogens (tertiary/aromatic N) is 7. The smallest absolute Gasteiger partial charge is 0.224 e. The highest BCUT2D eigenvalue weighted by molar-refractivity contribution is 5.94. The number of anilines is 2. The van der Waals surface area contributed by atoms with Gasteiger partial charge in [0.25, 0.3) is 0 Å². The Bertz CT molecular complexity index is 958. The highest BCUT2D eigenvalue weighted by Crippen LogP contribution is 2.41. The van der Waals surface area contributed by atoms with Crippen LogP contribution in [0, 0.1) is 0 Å². The second-order valence-electron chi connectivity index (χ2n) is 6.34. The predicted octanol–water partition coefficient (Wildman–Crippen LogP) is 5.87. The Morgan fingerprint density at radius 1 is 1.11 bits per heavy atom. The first-order valence-electron chi connectivity index (χ1n) is 8.44. The third kappa shape index (κ3) is 3.79. The van der Waals surface area contributed by atoms with Gasteiger partial charge in [-0.15, -0.1) is 0 Å². The third-order valence-corrected chi connectivity index (χ3v) is 4.53. The van der Waals surface area contributed by atoms with Crippen LogP contribution in [0.4, 0.5) is 22.7 Å². The van der Waals surface area contributed by atoms with E-state index in [0.29, 0.717) is 17.8 Å². The van der Waals surface area contributed by atoms with Crippen LogP contribution in [-0.2, 0) is 4.79 Å². The van der Waals surface area contributed by atoms with Crippen molar-refractivity contribution in [2.45, 2.75) is 32.4 Å². The molecule has 0 unspecified atom stereocenters. The molecule has 2 aromatic carbocycles. The number of hydrogen-bond donors (Lipinski definition) is 1. The average molecular weight is 362 g/mol. The lowest BCUT2D eigenvalue weighted by atomic mass is 9.91. The van der Waals surface area contributed by atoms with Gasteiger partial charge >= 0.3 is 0 Å². The van der Waals surface area contributed by atoms with Crippen molar-refractivity contribution in [3.8, 4) is 0 Å². The van der Waals surface area contributed by atoms with Crippen LogP contribution in [-0.4, -0.2) is 11.9 Å². The summed E-state index contributed by atoms with van der Waals surface area (Å²) in [6.07, 6.45) is 0.699. The van der Waals surface area contributed by atoms with Gasteiger partial charge in [-0.2, -0.15) is 0 Å². The van der Waals surface area contributed by atoms with Crippen LogP contribution in [0.3, 0.4) is 0 Å². The quantitative estimate of drug-likeness (QED) is 0.414. The zero-order valence-corrected chi connectivity index (χ0v) is 14.9. The number of benzene rings is 2. The molecule has 0 spiro atoms. The van der Waals surface area contributed by atoms with Crippen LogP contribution in [0.5, 0.6) is 0 Å². The van der Waals surface area contributed by atoms with Gasteiger partial charge in [0, 0.05) is 45.5 Å². The minimum absolute atomic E-state index is 0.0141. The van der Waals surface area contributed by atoms with E-state index in [1.807, 2.05) is 31.2 Å². The zero-order valence-electron chi connectivity index (χ0n) is 14.9. The zero-order chi connectivity index (χ0) is 19.4. The van der Waals surface area contributed by atoms with Crippen molar-refractivity contribution >= 4 is 28.7 Å². The fraction of sp³-hybridized carbons (Fsp3) is 0.278. The first-order valence-corrected chi connectivity index (χ1v) is 8.44. The van der Waals surface area contributed by atoms with Crippen molar-refractivity contribution in [2.75, 3.05) is 10.2 Å². The molecule has 0 aliphatic carbocycles. The molecule has 9 heteroatoms. The molecule has 1 N–H and O–H groups in total. The summed E-state index contributed by atoms with van der Waals surface area (Å²) >= 11 is 0. The molecule has 0 saturated carbocycles. The van der Waals surface area contributed by atoms with Gasteiger partial charge in [0.2, 0.25) is 5.91 Å². The molecular weight excluding hydrogens is 344 g/mol. The van der Waals surface area contributed by atoms with Gasteiger partial charge in [-0.25, -0.2) is 0 Å². The molecule has 0 radical (unpaired) electrons. The maximum absolute atomic E-state index is 12.1. The van der Waals surface area contributed by atoms with Crippen molar-refractivity contribution in [2.24, 2.45) is 10.2 Å². The lowest BCUT2D eigenvalue weighted by Crippen LogP contribution is -2.43. The lowest BCUT2D eigenvalue weighted by Gasteiger charge is -2.39. The van der Waals surface area contributed by atoms with Gasteiger partial charge in [-0.1, -0.05) is 28.4 Å². The highest BCUT2D eigenvalue weighted by atomic mass is 16.2. The van der Waals surface area contributed by atoms with E-state index in [1.165, 1.54) is 0 Å². The van der Waals surface area contributed by atoms with E-state index in [-0.39, 0.29) is 18.0 Å². The van der Waals surface area contributed by atoms with Crippen LogP contribution in [0.25, 0.3) is 20.9 Å². The standard InChI is InChI=1S/C18H18N8O/c1-11-9-17(21-13-3-5-14(6-4-13)22-24-19)16-10-15(23-25-20)7-8-18(16)26(11)12(2)27/h3-8,10-11,17,21H,9H2,1-2H3/t11-,17+/m0/s1. The Morgan fingerprint density at radius 2 is 1.74 bits per heavy atom. The second-order valence-corrected chi connectivity index (χ2v) is 6.34. The summed E-state index contributed by atoms with van der Waals surface area (Å²) in [4.78, 5) is 19.5. The van der Waals surface area contributed by atoms with Crippen molar-refractivity contribution in [1.82, 2.24) is 0 Å². The Hall–Kier alpha value is -3.67. The van der Waals surface area contributed by atoms with E-state index in [1.54, 1.807) is 30.0 Å². The summed E-state index contributed by atoms with van der Waals surface area (Å²) in [5.74, 6) is -0.0301. The Balaban J connectivity index is 1.99. The maximum atomic E-state index is 12.1. The monoisotopic (exact) mass is 362 g/mol. The average Bonchev–Trinajstić information content (AvgIpc) is 2.64. The Morgan fingerprint density at radius 3 is 2.37 bits per heavy atom. The number of fused-ring (bicyclic) bond motifs is 1. The minimum Gasteiger partial charge on any atom is -0.378 e. The molecule has 1 heterocycles. The van der Waals surface area contributed by atoms with Gasteiger partial charge in [-0.3, -0.25) is 4.79 Å². The fourth-order valence-electron chi connectivity index (χ4n) is 3.46. The van der Waals surface area contributed by atoms with Crippen molar-refractivity contribution in [1.29, 1.82) is 0 Å². The number of carbonyl (C=O) groups excluding carboxylic acids is 1. The molecule has 0 aromatic heterocycles. The highest BCUT2D eigenvalue weighted by Gasteiger charge is 2.32.